The van der Waals surface area contributed by atoms with E-state index in [1.165, 1.54) is 0 Å². The first-order chi connectivity index (χ1) is 9.46. The van der Waals surface area contributed by atoms with Crippen LogP contribution in [0.4, 0.5) is 0 Å². The second kappa shape index (κ2) is 8.95. The maximum atomic E-state index is 5.87. The van der Waals surface area contributed by atoms with Crippen LogP contribution in [0.25, 0.3) is 0 Å². The van der Waals surface area contributed by atoms with Gasteiger partial charge in [0.05, 0.1) is 16.1 Å². The Morgan fingerprint density at radius 3 is 1.76 bits per heavy atom. The van der Waals surface area contributed by atoms with E-state index in [9.17, 15) is 0 Å². The molecule has 0 fully saturated rings. The van der Waals surface area contributed by atoms with Gasteiger partial charge in [-0.15, -0.1) is 0 Å². The van der Waals surface area contributed by atoms with E-state index in [1.54, 1.807) is 14.2 Å². The molecule has 7 heteroatoms. The van der Waals surface area contributed by atoms with Gasteiger partial charge in [0.25, 0.3) is 0 Å². The number of hydrogen-bond acceptors (Lipinski definition) is 4. The van der Waals surface area contributed by atoms with E-state index in [0.29, 0.717) is 0 Å². The third-order valence-corrected chi connectivity index (χ3v) is 13.7. The van der Waals surface area contributed by atoms with Crippen molar-refractivity contribution in [2.24, 2.45) is 0 Å². The van der Waals surface area contributed by atoms with Gasteiger partial charge in [-0.2, -0.15) is 0 Å². The zero-order valence-corrected chi connectivity index (χ0v) is 19.1. The predicted molar refractivity (Wildman–Crippen MR) is 100.0 cm³/mol. The second-order valence-corrected chi connectivity index (χ2v) is 20.5. The quantitative estimate of drug-likeness (QED) is 0.325. The molecular formula is C14H37NO3Si3. The molecular weight excluding hydrogens is 314 g/mol. The van der Waals surface area contributed by atoms with Gasteiger partial charge in [0, 0.05) is 27.4 Å². The van der Waals surface area contributed by atoms with Gasteiger partial charge < -0.3 is 18.4 Å². The highest BCUT2D eigenvalue weighted by atomic mass is 28.4. The Morgan fingerprint density at radius 1 is 0.905 bits per heavy atom. The average Bonchev–Trinajstić information content (AvgIpc) is 2.34. The van der Waals surface area contributed by atoms with Crippen molar-refractivity contribution in [2.45, 2.75) is 57.7 Å². The lowest BCUT2D eigenvalue weighted by atomic mass is 10.7. The standard InChI is InChI=1S/C14H37NO3Si3/c1-14(16-2,17-3)19-13-12-18-11-10-15(20(4,5)6)21(7,8)9/h10-13,19H2,1-9H3. The monoisotopic (exact) mass is 351 g/mol. The van der Waals surface area contributed by atoms with Gasteiger partial charge in [0.15, 0.2) is 0 Å². The summed E-state index contributed by atoms with van der Waals surface area (Å²) in [5, 5.41) is 0. The van der Waals surface area contributed by atoms with Crippen LogP contribution in [0.1, 0.15) is 6.92 Å². The third kappa shape index (κ3) is 8.63. The SMILES string of the molecule is COC(C)(OC)[SiH2]CCOCCN([Si](C)(C)C)[Si](C)(C)C. The molecule has 0 aliphatic rings. The first-order valence-corrected chi connectivity index (χ1v) is 16.5. The van der Waals surface area contributed by atoms with E-state index >= 15 is 0 Å². The molecule has 0 saturated heterocycles. The van der Waals surface area contributed by atoms with Crippen molar-refractivity contribution < 1.29 is 14.2 Å². The van der Waals surface area contributed by atoms with Gasteiger partial charge in [0.2, 0.25) is 0 Å². The first kappa shape index (κ1) is 21.5. The molecule has 0 aliphatic heterocycles. The van der Waals surface area contributed by atoms with Crippen LogP contribution in [-0.4, -0.2) is 69.6 Å². The highest BCUT2D eigenvalue weighted by molar-refractivity contribution is 6.89. The van der Waals surface area contributed by atoms with Crippen molar-refractivity contribution in [3.05, 3.63) is 0 Å². The lowest BCUT2D eigenvalue weighted by Crippen LogP contribution is -2.59. The summed E-state index contributed by atoms with van der Waals surface area (Å²) in [6.45, 7) is 19.4. The largest absolute Gasteiger partial charge is 0.380 e. The highest BCUT2D eigenvalue weighted by Crippen LogP contribution is 2.19. The molecule has 0 spiro atoms. The van der Waals surface area contributed by atoms with Crippen LogP contribution in [0.15, 0.2) is 0 Å². The van der Waals surface area contributed by atoms with Gasteiger partial charge in [-0.25, -0.2) is 0 Å². The highest BCUT2D eigenvalue weighted by Gasteiger charge is 2.33. The van der Waals surface area contributed by atoms with E-state index in [-0.39, 0.29) is 5.41 Å². The van der Waals surface area contributed by atoms with Crippen LogP contribution in [0, 0.1) is 0 Å². The minimum atomic E-state index is -1.25. The van der Waals surface area contributed by atoms with Crippen LogP contribution >= 0.6 is 0 Å². The van der Waals surface area contributed by atoms with Crippen LogP contribution in [0.3, 0.4) is 0 Å². The lowest BCUT2D eigenvalue weighted by molar-refractivity contribution is -0.131. The predicted octanol–water partition coefficient (Wildman–Crippen LogP) is 2.53. The Balaban J connectivity index is 4.04. The van der Waals surface area contributed by atoms with Crippen LogP contribution < -0.4 is 0 Å². The summed E-state index contributed by atoms with van der Waals surface area (Å²) >= 11 is 0. The lowest BCUT2D eigenvalue weighted by Gasteiger charge is -2.43. The van der Waals surface area contributed by atoms with Gasteiger partial charge >= 0.3 is 0 Å². The molecule has 0 heterocycles. The second-order valence-electron chi connectivity index (χ2n) is 7.75. The maximum absolute atomic E-state index is 5.87. The van der Waals surface area contributed by atoms with Gasteiger partial charge in [-0.3, -0.25) is 0 Å². The average molecular weight is 352 g/mol. The Morgan fingerprint density at radius 2 is 1.38 bits per heavy atom. The zero-order valence-electron chi connectivity index (χ0n) is 15.7. The third-order valence-electron chi connectivity index (χ3n) is 3.86. The normalized spacial score (nSPS) is 14.6. The smallest absolute Gasteiger partial charge is 0.141 e. The molecule has 0 N–H and O–H groups in total. The molecule has 4 nitrogen and oxygen atoms in total. The van der Waals surface area contributed by atoms with Gasteiger partial charge in [-0.05, 0) is 13.0 Å². The van der Waals surface area contributed by atoms with Crippen molar-refractivity contribution in [1.29, 1.82) is 0 Å². The van der Waals surface area contributed by atoms with Crippen LogP contribution in [0.5, 0.6) is 0 Å². The van der Waals surface area contributed by atoms with Gasteiger partial charge in [-0.1, -0.05) is 39.3 Å². The van der Waals surface area contributed by atoms with Gasteiger partial charge in [0.1, 0.15) is 21.9 Å². The number of rotatable bonds is 11. The number of nitrogens with zero attached hydrogens (tertiary/aromatic N) is 1. The number of methoxy groups -OCH3 is 2. The Labute approximate surface area is 136 Å². The van der Waals surface area contributed by atoms with E-state index in [2.05, 4.69) is 43.5 Å². The van der Waals surface area contributed by atoms with E-state index in [1.807, 2.05) is 6.92 Å². The molecule has 0 unspecified atom stereocenters. The summed E-state index contributed by atoms with van der Waals surface area (Å²) in [7, 11) is 0.503. The summed E-state index contributed by atoms with van der Waals surface area (Å²) in [4.78, 5) is 0. The number of hydrogen-bond donors (Lipinski definition) is 0. The number of ether oxygens (including phenoxy) is 3. The molecule has 0 rings (SSSR count). The van der Waals surface area contributed by atoms with Crippen molar-refractivity contribution in [2.75, 3.05) is 34.0 Å². The zero-order chi connectivity index (χ0) is 16.7. The maximum Gasteiger partial charge on any atom is 0.141 e. The van der Waals surface area contributed by atoms with Crippen molar-refractivity contribution >= 4 is 26.0 Å². The first-order valence-electron chi connectivity index (χ1n) is 7.92. The fourth-order valence-electron chi connectivity index (χ4n) is 2.72. The molecule has 0 amide bonds. The summed E-state index contributed by atoms with van der Waals surface area (Å²) in [6.07, 6.45) is 0. The molecule has 0 aromatic carbocycles. The topological polar surface area (TPSA) is 30.9 Å². The molecule has 0 atom stereocenters. The summed E-state index contributed by atoms with van der Waals surface area (Å²) in [5.41, 5.74) is -0.341. The van der Waals surface area contributed by atoms with Crippen LogP contribution in [0.2, 0.25) is 45.3 Å². The Hall–Kier alpha value is 0.491. The molecule has 0 aliphatic carbocycles. The molecule has 0 aromatic heterocycles. The Bertz CT molecular complexity index is 272. The summed E-state index contributed by atoms with van der Waals surface area (Å²) in [6, 6.07) is 1.10. The molecule has 0 aromatic rings. The minimum Gasteiger partial charge on any atom is -0.380 e. The van der Waals surface area contributed by atoms with Crippen molar-refractivity contribution in [3.63, 3.8) is 0 Å². The summed E-state index contributed by atoms with van der Waals surface area (Å²) in [5.74, 6) is 0. The molecule has 128 valence electrons. The fraction of sp³-hybridized carbons (Fsp3) is 1.00. The Kier molecular flexibility index (Phi) is 9.16. The van der Waals surface area contributed by atoms with E-state index in [4.69, 9.17) is 14.2 Å². The molecule has 0 radical (unpaired) electrons. The van der Waals surface area contributed by atoms with E-state index in [0.717, 1.165) is 25.8 Å². The molecule has 21 heavy (non-hydrogen) atoms. The summed E-state index contributed by atoms with van der Waals surface area (Å²) < 4.78 is 19.5. The van der Waals surface area contributed by atoms with Crippen LogP contribution in [-0.2, 0) is 14.2 Å². The fourth-order valence-corrected chi connectivity index (χ4v) is 13.7. The molecule has 0 bridgehead atoms. The minimum absolute atomic E-state index is 0.341. The van der Waals surface area contributed by atoms with E-state index < -0.39 is 26.0 Å². The molecule has 0 saturated carbocycles. The van der Waals surface area contributed by atoms with Crippen molar-refractivity contribution in [3.8, 4) is 0 Å². The van der Waals surface area contributed by atoms with Crippen molar-refractivity contribution in [1.82, 2.24) is 4.23 Å².